The standard InChI is InChI=1S/C12H20F3NO2/c1-9(2)16-6-7-18-11(8-16)10(17)4-3-5-12(13,14)15/h9,11H,3-8H2,1-2H3. The number of Topliss-reactive ketones (excluding diaryl/α,β-unsaturated/α-hetero) is 1. The van der Waals surface area contributed by atoms with E-state index in [1.807, 2.05) is 13.8 Å². The average molecular weight is 267 g/mol. The van der Waals surface area contributed by atoms with Crippen LogP contribution in [0.4, 0.5) is 13.2 Å². The number of ketones is 1. The van der Waals surface area contributed by atoms with Crippen LogP contribution >= 0.6 is 0 Å². The molecule has 0 amide bonds. The number of alkyl halides is 3. The molecular formula is C12H20F3NO2. The first-order valence-corrected chi connectivity index (χ1v) is 6.24. The zero-order valence-corrected chi connectivity index (χ0v) is 10.8. The molecule has 0 aromatic rings. The van der Waals surface area contributed by atoms with Gasteiger partial charge in [0.2, 0.25) is 0 Å². The summed E-state index contributed by atoms with van der Waals surface area (Å²) in [4.78, 5) is 13.8. The van der Waals surface area contributed by atoms with E-state index in [9.17, 15) is 18.0 Å². The SMILES string of the molecule is CC(C)N1CCOC(C(=O)CCCC(F)(F)F)C1. The molecule has 0 spiro atoms. The summed E-state index contributed by atoms with van der Waals surface area (Å²) in [7, 11) is 0. The van der Waals surface area contributed by atoms with Gasteiger partial charge < -0.3 is 4.74 Å². The Kier molecular flexibility index (Phi) is 5.59. The monoisotopic (exact) mass is 267 g/mol. The van der Waals surface area contributed by atoms with Crippen LogP contribution in [0, 0.1) is 0 Å². The van der Waals surface area contributed by atoms with Crippen molar-refractivity contribution in [3.8, 4) is 0 Å². The van der Waals surface area contributed by atoms with Crippen molar-refractivity contribution >= 4 is 5.78 Å². The topological polar surface area (TPSA) is 29.5 Å². The molecule has 0 aromatic carbocycles. The van der Waals surface area contributed by atoms with E-state index < -0.39 is 18.7 Å². The normalized spacial score (nSPS) is 22.4. The highest BCUT2D eigenvalue weighted by Crippen LogP contribution is 2.23. The number of nitrogens with zero attached hydrogens (tertiary/aromatic N) is 1. The summed E-state index contributed by atoms with van der Waals surface area (Å²) in [5.74, 6) is -0.218. The maximum atomic E-state index is 12.0. The maximum Gasteiger partial charge on any atom is 0.389 e. The molecule has 1 heterocycles. The van der Waals surface area contributed by atoms with Crippen molar-refractivity contribution < 1.29 is 22.7 Å². The third kappa shape index (κ3) is 5.35. The van der Waals surface area contributed by atoms with Gasteiger partial charge in [-0.05, 0) is 20.3 Å². The quantitative estimate of drug-likeness (QED) is 0.766. The van der Waals surface area contributed by atoms with Crippen molar-refractivity contribution in [2.24, 2.45) is 0 Å². The molecular weight excluding hydrogens is 247 g/mol. The first kappa shape index (κ1) is 15.4. The summed E-state index contributed by atoms with van der Waals surface area (Å²) in [6, 6.07) is 0.319. The molecule has 18 heavy (non-hydrogen) atoms. The number of halogens is 3. The van der Waals surface area contributed by atoms with Crippen molar-refractivity contribution in [1.29, 1.82) is 0 Å². The highest BCUT2D eigenvalue weighted by molar-refractivity contribution is 5.83. The van der Waals surface area contributed by atoms with Gasteiger partial charge in [0.05, 0.1) is 6.61 Å². The van der Waals surface area contributed by atoms with E-state index in [-0.39, 0.29) is 18.6 Å². The van der Waals surface area contributed by atoms with E-state index in [2.05, 4.69) is 4.90 Å². The van der Waals surface area contributed by atoms with Gasteiger partial charge in [-0.2, -0.15) is 13.2 Å². The molecule has 1 aliphatic heterocycles. The van der Waals surface area contributed by atoms with Crippen molar-refractivity contribution in [2.75, 3.05) is 19.7 Å². The molecule has 1 aliphatic rings. The predicted molar refractivity (Wildman–Crippen MR) is 61.4 cm³/mol. The fourth-order valence-electron chi connectivity index (χ4n) is 1.96. The Balaban J connectivity index is 2.33. The minimum Gasteiger partial charge on any atom is -0.368 e. The summed E-state index contributed by atoms with van der Waals surface area (Å²) < 4.78 is 41.2. The Hall–Kier alpha value is -0.620. The number of hydrogen-bond donors (Lipinski definition) is 0. The minimum atomic E-state index is -4.18. The number of hydrogen-bond acceptors (Lipinski definition) is 3. The summed E-state index contributed by atoms with van der Waals surface area (Å²) in [5.41, 5.74) is 0. The predicted octanol–water partition coefficient (Wildman–Crippen LogP) is 2.40. The third-order valence-electron chi connectivity index (χ3n) is 3.07. The van der Waals surface area contributed by atoms with Gasteiger partial charge in [0.1, 0.15) is 6.10 Å². The molecule has 6 heteroatoms. The molecule has 106 valence electrons. The smallest absolute Gasteiger partial charge is 0.368 e. The highest BCUT2D eigenvalue weighted by Gasteiger charge is 2.30. The second-order valence-corrected chi connectivity index (χ2v) is 4.88. The molecule has 0 radical (unpaired) electrons. The van der Waals surface area contributed by atoms with Gasteiger partial charge in [0.15, 0.2) is 5.78 Å². The Morgan fingerprint density at radius 1 is 1.44 bits per heavy atom. The minimum absolute atomic E-state index is 0.0594. The van der Waals surface area contributed by atoms with Crippen molar-refractivity contribution in [1.82, 2.24) is 4.90 Å². The van der Waals surface area contributed by atoms with E-state index in [1.54, 1.807) is 0 Å². The van der Waals surface area contributed by atoms with Crippen molar-refractivity contribution in [3.63, 3.8) is 0 Å². The van der Waals surface area contributed by atoms with Gasteiger partial charge in [-0.15, -0.1) is 0 Å². The lowest BCUT2D eigenvalue weighted by Crippen LogP contribution is -2.48. The maximum absolute atomic E-state index is 12.0. The molecule has 1 fully saturated rings. The van der Waals surface area contributed by atoms with Gasteiger partial charge in [-0.1, -0.05) is 0 Å². The second-order valence-electron chi connectivity index (χ2n) is 4.88. The molecule has 0 saturated carbocycles. The zero-order valence-electron chi connectivity index (χ0n) is 10.8. The van der Waals surface area contributed by atoms with E-state index in [0.717, 1.165) is 6.54 Å². The molecule has 1 atom stereocenters. The second kappa shape index (κ2) is 6.52. The van der Waals surface area contributed by atoms with E-state index >= 15 is 0 Å². The van der Waals surface area contributed by atoms with Gasteiger partial charge in [0.25, 0.3) is 0 Å². The number of carbonyl (C=O) groups excluding carboxylic acids is 1. The van der Waals surface area contributed by atoms with Crippen LogP contribution in [0.2, 0.25) is 0 Å². The highest BCUT2D eigenvalue weighted by atomic mass is 19.4. The Labute approximate surface area is 105 Å². The molecule has 1 unspecified atom stereocenters. The average Bonchev–Trinajstić information content (AvgIpc) is 2.27. The summed E-state index contributed by atoms with van der Waals surface area (Å²) in [5, 5.41) is 0. The number of morpholine rings is 1. The molecule has 3 nitrogen and oxygen atoms in total. The zero-order chi connectivity index (χ0) is 13.8. The first-order valence-electron chi connectivity index (χ1n) is 6.24. The Morgan fingerprint density at radius 3 is 2.67 bits per heavy atom. The molecule has 0 aliphatic carbocycles. The van der Waals surface area contributed by atoms with Crippen LogP contribution in [0.15, 0.2) is 0 Å². The number of rotatable bonds is 5. The van der Waals surface area contributed by atoms with Crippen LogP contribution in [0.5, 0.6) is 0 Å². The lowest BCUT2D eigenvalue weighted by Gasteiger charge is -2.34. The lowest BCUT2D eigenvalue weighted by molar-refractivity contribution is -0.142. The van der Waals surface area contributed by atoms with E-state index in [1.165, 1.54) is 0 Å². The van der Waals surface area contributed by atoms with Crippen LogP contribution in [0.25, 0.3) is 0 Å². The van der Waals surface area contributed by atoms with Crippen LogP contribution in [0.3, 0.4) is 0 Å². The summed E-state index contributed by atoms with van der Waals surface area (Å²) in [6.07, 6.45) is -5.86. The van der Waals surface area contributed by atoms with Gasteiger partial charge in [-0.3, -0.25) is 9.69 Å². The van der Waals surface area contributed by atoms with Gasteiger partial charge in [0, 0.05) is 32.0 Å². The lowest BCUT2D eigenvalue weighted by atomic mass is 10.1. The largest absolute Gasteiger partial charge is 0.389 e. The molecule has 1 saturated heterocycles. The van der Waals surface area contributed by atoms with Gasteiger partial charge in [-0.25, -0.2) is 0 Å². The van der Waals surface area contributed by atoms with Gasteiger partial charge >= 0.3 is 6.18 Å². The molecule has 0 aromatic heterocycles. The number of ether oxygens (including phenoxy) is 1. The fraction of sp³-hybridized carbons (Fsp3) is 0.917. The van der Waals surface area contributed by atoms with Crippen molar-refractivity contribution in [2.45, 2.75) is 51.4 Å². The van der Waals surface area contributed by atoms with Crippen LogP contribution < -0.4 is 0 Å². The van der Waals surface area contributed by atoms with Crippen LogP contribution in [0.1, 0.15) is 33.1 Å². The van der Waals surface area contributed by atoms with Crippen LogP contribution in [-0.4, -0.2) is 48.7 Å². The molecule has 0 N–H and O–H groups in total. The van der Waals surface area contributed by atoms with Crippen molar-refractivity contribution in [3.05, 3.63) is 0 Å². The van der Waals surface area contributed by atoms with E-state index in [4.69, 9.17) is 4.74 Å². The summed E-state index contributed by atoms with van der Waals surface area (Å²) >= 11 is 0. The Morgan fingerprint density at radius 2 is 2.11 bits per heavy atom. The first-order chi connectivity index (χ1) is 8.29. The van der Waals surface area contributed by atoms with E-state index in [0.29, 0.717) is 19.2 Å². The summed E-state index contributed by atoms with van der Waals surface area (Å²) in [6.45, 7) is 5.77. The number of carbonyl (C=O) groups is 1. The third-order valence-corrected chi connectivity index (χ3v) is 3.07. The Bertz CT molecular complexity index is 279. The molecule has 0 bridgehead atoms. The fourth-order valence-corrected chi connectivity index (χ4v) is 1.96. The molecule has 1 rings (SSSR count). The van der Waals surface area contributed by atoms with Crippen LogP contribution in [-0.2, 0) is 9.53 Å².